The Morgan fingerprint density at radius 3 is 1.66 bits per heavy atom. The molecule has 2 rings (SSSR count). The molecule has 0 aliphatic carbocycles. The van der Waals surface area contributed by atoms with Gasteiger partial charge in [0.25, 0.3) is 0 Å². The first-order chi connectivity index (χ1) is 16.2. The molecule has 1 atom stereocenters. The Labute approximate surface area is 198 Å². The number of nitrogens with one attached hydrogen (secondary N) is 1. The van der Waals surface area contributed by atoms with Gasteiger partial charge in [-0.1, -0.05) is 0 Å². The Kier molecular flexibility index (Phi) is 8.08. The van der Waals surface area contributed by atoms with Crippen molar-refractivity contribution in [1.29, 1.82) is 0 Å². The average Bonchev–Trinajstić information content (AvgIpc) is 2.75. The summed E-state index contributed by atoms with van der Waals surface area (Å²) < 4.78 is 15.3. The van der Waals surface area contributed by atoms with Crippen molar-refractivity contribution in [2.24, 2.45) is 0 Å². The number of hydrogen-bond donors (Lipinski definition) is 7. The first-order valence-corrected chi connectivity index (χ1v) is 10.0. The van der Waals surface area contributed by atoms with Crippen LogP contribution in [0.4, 0.5) is 4.79 Å². The molecule has 35 heavy (non-hydrogen) atoms. The van der Waals surface area contributed by atoms with E-state index in [-0.39, 0.29) is 11.1 Å². The van der Waals surface area contributed by atoms with Gasteiger partial charge in [-0.2, -0.15) is 0 Å². The Bertz CT molecular complexity index is 1080. The van der Waals surface area contributed by atoms with Crippen molar-refractivity contribution in [2.75, 3.05) is 13.2 Å². The lowest BCUT2D eigenvalue weighted by molar-refractivity contribution is -0.00202. The molecule has 2 aromatic carbocycles. The summed E-state index contributed by atoms with van der Waals surface area (Å²) in [5.74, 6) is -7.01. The highest BCUT2D eigenvalue weighted by Crippen LogP contribution is 2.36. The van der Waals surface area contributed by atoms with E-state index in [4.69, 9.17) is 14.2 Å². The van der Waals surface area contributed by atoms with Gasteiger partial charge < -0.3 is 50.2 Å². The van der Waals surface area contributed by atoms with Crippen LogP contribution < -0.4 is 5.32 Å². The zero-order valence-electron chi connectivity index (χ0n) is 18.9. The number of alkyl carbamates (subject to hydrolysis) is 1. The number of phenols is 6. The van der Waals surface area contributed by atoms with Crippen molar-refractivity contribution in [3.8, 4) is 34.5 Å². The van der Waals surface area contributed by atoms with E-state index in [1.807, 2.05) is 0 Å². The zero-order valence-corrected chi connectivity index (χ0v) is 18.9. The van der Waals surface area contributed by atoms with Gasteiger partial charge in [0.1, 0.15) is 12.2 Å². The number of hydrogen-bond acceptors (Lipinski definition) is 12. The van der Waals surface area contributed by atoms with E-state index >= 15 is 0 Å². The van der Waals surface area contributed by atoms with Crippen LogP contribution in [0.15, 0.2) is 24.3 Å². The molecule has 1 unspecified atom stereocenters. The second-order valence-corrected chi connectivity index (χ2v) is 8.23. The molecule has 13 heteroatoms. The third kappa shape index (κ3) is 7.48. The Morgan fingerprint density at radius 2 is 1.23 bits per heavy atom. The first-order valence-electron chi connectivity index (χ1n) is 10.0. The second kappa shape index (κ2) is 10.6. The normalized spacial score (nSPS) is 11.9. The SMILES string of the molecule is CC(C)(C)OC(=O)NCC(COC(=O)c1cc(O)c(O)c(O)c1)OC(=O)c1cc(O)c(O)c(O)c1. The Morgan fingerprint density at radius 1 is 0.800 bits per heavy atom. The quantitative estimate of drug-likeness (QED) is 0.166. The minimum atomic E-state index is -1.31. The number of carbonyl (C=O) groups excluding carboxylic acids is 3. The molecule has 0 heterocycles. The third-order valence-electron chi connectivity index (χ3n) is 4.16. The molecule has 0 bridgehead atoms. The Hall–Kier alpha value is -4.55. The van der Waals surface area contributed by atoms with Crippen molar-refractivity contribution in [1.82, 2.24) is 5.32 Å². The van der Waals surface area contributed by atoms with Crippen LogP contribution in [0.2, 0.25) is 0 Å². The summed E-state index contributed by atoms with van der Waals surface area (Å²) in [5.41, 5.74) is -1.52. The maximum Gasteiger partial charge on any atom is 0.407 e. The van der Waals surface area contributed by atoms with E-state index in [0.29, 0.717) is 0 Å². The highest BCUT2D eigenvalue weighted by molar-refractivity contribution is 5.92. The van der Waals surface area contributed by atoms with Crippen LogP contribution in [0.25, 0.3) is 0 Å². The highest BCUT2D eigenvalue weighted by atomic mass is 16.6. The van der Waals surface area contributed by atoms with Crippen LogP contribution in [-0.4, -0.2) is 73.5 Å². The number of benzene rings is 2. The molecule has 0 saturated heterocycles. The standard InChI is InChI=1S/C22H25NO12/c1-22(2,3)35-21(32)23-8-12(34-20(31)11-6-15(26)18(29)16(27)7-11)9-33-19(30)10-4-13(24)17(28)14(25)5-10/h4-7,12,24-29H,8-9H2,1-3H3,(H,23,32). The zero-order chi connectivity index (χ0) is 26.5. The number of phenolic OH excluding ortho intramolecular Hbond substituents is 6. The number of amides is 1. The minimum absolute atomic E-state index is 0.337. The smallest absolute Gasteiger partial charge is 0.407 e. The largest absolute Gasteiger partial charge is 0.504 e. The maximum absolute atomic E-state index is 12.5. The van der Waals surface area contributed by atoms with Crippen LogP contribution in [0.3, 0.4) is 0 Å². The molecule has 2 aromatic rings. The fraction of sp³-hybridized carbons (Fsp3) is 0.318. The van der Waals surface area contributed by atoms with Crippen molar-refractivity contribution < 1.29 is 59.2 Å². The molecule has 7 N–H and O–H groups in total. The summed E-state index contributed by atoms with van der Waals surface area (Å²) in [6.45, 7) is 3.85. The molecule has 0 spiro atoms. The van der Waals surface area contributed by atoms with E-state index in [2.05, 4.69) is 5.32 Å². The summed E-state index contributed by atoms with van der Waals surface area (Å²) in [6.07, 6.45) is -2.17. The van der Waals surface area contributed by atoms with E-state index in [0.717, 1.165) is 24.3 Å². The van der Waals surface area contributed by atoms with Crippen molar-refractivity contribution in [2.45, 2.75) is 32.5 Å². The van der Waals surface area contributed by atoms with Gasteiger partial charge in [0, 0.05) is 0 Å². The van der Waals surface area contributed by atoms with Gasteiger partial charge in [-0.05, 0) is 45.0 Å². The van der Waals surface area contributed by atoms with E-state index in [9.17, 15) is 45.0 Å². The van der Waals surface area contributed by atoms with Crippen LogP contribution in [-0.2, 0) is 14.2 Å². The third-order valence-corrected chi connectivity index (χ3v) is 4.16. The lowest BCUT2D eigenvalue weighted by atomic mass is 10.2. The maximum atomic E-state index is 12.5. The van der Waals surface area contributed by atoms with E-state index < -0.39 is 77.4 Å². The topological polar surface area (TPSA) is 212 Å². The Balaban J connectivity index is 2.15. The van der Waals surface area contributed by atoms with Gasteiger partial charge in [0.05, 0.1) is 17.7 Å². The van der Waals surface area contributed by atoms with Gasteiger partial charge in [0.15, 0.2) is 40.6 Å². The fourth-order valence-electron chi connectivity index (χ4n) is 2.56. The monoisotopic (exact) mass is 495 g/mol. The second-order valence-electron chi connectivity index (χ2n) is 8.23. The number of carbonyl (C=O) groups is 3. The summed E-state index contributed by atoms with van der Waals surface area (Å²) in [7, 11) is 0. The van der Waals surface area contributed by atoms with Crippen LogP contribution in [0, 0.1) is 0 Å². The summed E-state index contributed by atoms with van der Waals surface area (Å²) in [6, 6.07) is 3.31. The molecule has 13 nitrogen and oxygen atoms in total. The summed E-state index contributed by atoms with van der Waals surface area (Å²) in [4.78, 5) is 36.7. The molecule has 0 aliphatic heterocycles. The predicted molar refractivity (Wildman–Crippen MR) is 117 cm³/mol. The predicted octanol–water partition coefficient (Wildman–Crippen LogP) is 1.83. The van der Waals surface area contributed by atoms with Crippen LogP contribution in [0.5, 0.6) is 34.5 Å². The molecule has 190 valence electrons. The molecular formula is C22H25NO12. The van der Waals surface area contributed by atoms with Crippen molar-refractivity contribution in [3.05, 3.63) is 35.4 Å². The van der Waals surface area contributed by atoms with E-state index in [1.54, 1.807) is 20.8 Å². The lowest BCUT2D eigenvalue weighted by Gasteiger charge is -2.22. The molecule has 0 aliphatic rings. The molecule has 0 aromatic heterocycles. The molecule has 0 saturated carbocycles. The molecular weight excluding hydrogens is 470 g/mol. The van der Waals surface area contributed by atoms with Gasteiger partial charge in [-0.15, -0.1) is 0 Å². The van der Waals surface area contributed by atoms with Crippen molar-refractivity contribution in [3.63, 3.8) is 0 Å². The van der Waals surface area contributed by atoms with Crippen LogP contribution in [0.1, 0.15) is 41.5 Å². The average molecular weight is 495 g/mol. The van der Waals surface area contributed by atoms with E-state index in [1.165, 1.54) is 0 Å². The number of esters is 2. The van der Waals surface area contributed by atoms with Crippen molar-refractivity contribution >= 4 is 18.0 Å². The van der Waals surface area contributed by atoms with Gasteiger partial charge in [-0.25, -0.2) is 14.4 Å². The summed E-state index contributed by atoms with van der Waals surface area (Å²) in [5, 5.41) is 59.4. The molecule has 1 amide bonds. The highest BCUT2D eigenvalue weighted by Gasteiger charge is 2.24. The minimum Gasteiger partial charge on any atom is -0.504 e. The van der Waals surface area contributed by atoms with Gasteiger partial charge in [0.2, 0.25) is 0 Å². The number of rotatable bonds is 7. The van der Waals surface area contributed by atoms with Gasteiger partial charge in [-0.3, -0.25) is 0 Å². The number of ether oxygens (including phenoxy) is 3. The van der Waals surface area contributed by atoms with Gasteiger partial charge >= 0.3 is 18.0 Å². The molecule has 0 fully saturated rings. The first kappa shape index (κ1) is 26.7. The lowest BCUT2D eigenvalue weighted by Crippen LogP contribution is -2.40. The molecule has 0 radical (unpaired) electrons. The number of aromatic hydroxyl groups is 6. The summed E-state index contributed by atoms with van der Waals surface area (Å²) >= 11 is 0. The fourth-order valence-corrected chi connectivity index (χ4v) is 2.56. The van der Waals surface area contributed by atoms with Crippen LogP contribution >= 0.6 is 0 Å².